The summed E-state index contributed by atoms with van der Waals surface area (Å²) >= 11 is 0. The molecule has 1 aliphatic heterocycles. The Morgan fingerprint density at radius 3 is 2.35 bits per heavy atom. The van der Waals surface area contributed by atoms with Crippen LogP contribution in [0.25, 0.3) is 0 Å². The number of rotatable bonds is 7. The molecule has 0 spiro atoms. The molecule has 0 saturated carbocycles. The fourth-order valence-electron chi connectivity index (χ4n) is 2.84. The van der Waals surface area contributed by atoms with E-state index in [1.807, 2.05) is 11.0 Å². The number of likely N-dealkylation sites (N-methyl/N-ethyl adjacent to an activating group) is 1. The van der Waals surface area contributed by atoms with Gasteiger partial charge >= 0.3 is 0 Å². The molecule has 23 heavy (non-hydrogen) atoms. The van der Waals surface area contributed by atoms with Crippen LogP contribution in [0.5, 0.6) is 0 Å². The smallest absolute Gasteiger partial charge is 0.209 e. The van der Waals surface area contributed by atoms with E-state index in [1.165, 1.54) is 0 Å². The second-order valence-corrected chi connectivity index (χ2v) is 5.73. The highest BCUT2D eigenvalue weighted by atomic mass is 16.1. The fraction of sp³-hybridized carbons (Fsp3) is 0.556. The molecule has 5 heteroatoms. The van der Waals surface area contributed by atoms with Crippen molar-refractivity contribution in [1.29, 1.82) is 0 Å². The lowest BCUT2D eigenvalue weighted by molar-refractivity contribution is -0.119. The van der Waals surface area contributed by atoms with Crippen LogP contribution in [0, 0.1) is 0 Å². The van der Waals surface area contributed by atoms with Gasteiger partial charge in [0.1, 0.15) is 5.84 Å². The van der Waals surface area contributed by atoms with E-state index < -0.39 is 0 Å². The molecule has 1 aliphatic rings. The molecule has 0 bridgehead atoms. The van der Waals surface area contributed by atoms with Gasteiger partial charge in [0, 0.05) is 38.3 Å². The van der Waals surface area contributed by atoms with E-state index in [-0.39, 0.29) is 0 Å². The van der Waals surface area contributed by atoms with Gasteiger partial charge < -0.3 is 14.7 Å². The number of hydrogen-bond acceptors (Lipinski definition) is 3. The lowest BCUT2D eigenvalue weighted by atomic mass is 10.1. The average Bonchev–Trinajstić information content (AvgIpc) is 2.63. The molecule has 0 radical (unpaired) electrons. The maximum absolute atomic E-state index is 10.9. The van der Waals surface area contributed by atoms with Crippen LogP contribution >= 0.6 is 0 Å². The third-order valence-corrected chi connectivity index (χ3v) is 4.37. The van der Waals surface area contributed by atoms with Crippen molar-refractivity contribution in [2.75, 3.05) is 52.4 Å². The Kier molecular flexibility index (Phi) is 7.07. The first-order valence-electron chi connectivity index (χ1n) is 8.55. The second-order valence-electron chi connectivity index (χ2n) is 5.73. The summed E-state index contributed by atoms with van der Waals surface area (Å²) in [6.07, 6.45) is 0.942. The fourth-order valence-corrected chi connectivity index (χ4v) is 2.84. The van der Waals surface area contributed by atoms with Crippen LogP contribution in [0.4, 0.5) is 0 Å². The molecule has 1 aromatic rings. The van der Waals surface area contributed by atoms with Crippen molar-refractivity contribution in [1.82, 2.24) is 14.7 Å². The van der Waals surface area contributed by atoms with Crippen LogP contribution in [-0.2, 0) is 4.79 Å². The Hall–Kier alpha value is -1.88. The van der Waals surface area contributed by atoms with Crippen LogP contribution in [0.1, 0.15) is 19.4 Å². The summed E-state index contributed by atoms with van der Waals surface area (Å²) in [4.78, 5) is 22.3. The van der Waals surface area contributed by atoms with Crippen LogP contribution in [0.2, 0.25) is 0 Å². The first-order valence-corrected chi connectivity index (χ1v) is 8.55. The van der Waals surface area contributed by atoms with Gasteiger partial charge in [-0.1, -0.05) is 44.2 Å². The number of amidine groups is 1. The number of hydrogen-bond donors (Lipinski definition) is 0. The second kappa shape index (κ2) is 9.30. The predicted octanol–water partition coefficient (Wildman–Crippen LogP) is 1.55. The van der Waals surface area contributed by atoms with Gasteiger partial charge in [0.05, 0.1) is 6.54 Å². The average molecular weight is 316 g/mol. The third-order valence-electron chi connectivity index (χ3n) is 4.37. The zero-order valence-electron chi connectivity index (χ0n) is 14.3. The summed E-state index contributed by atoms with van der Waals surface area (Å²) in [6, 6.07) is 10.4. The molecule has 2 rings (SSSR count). The van der Waals surface area contributed by atoms with Crippen LogP contribution < -0.4 is 0 Å². The molecule has 126 valence electrons. The molecule has 0 aliphatic carbocycles. The van der Waals surface area contributed by atoms with Crippen molar-refractivity contribution in [2.24, 2.45) is 4.99 Å². The summed E-state index contributed by atoms with van der Waals surface area (Å²) in [5, 5.41) is 0. The first-order chi connectivity index (χ1) is 11.3. The van der Waals surface area contributed by atoms with E-state index in [0.29, 0.717) is 0 Å². The summed E-state index contributed by atoms with van der Waals surface area (Å²) in [7, 11) is 0. The highest BCUT2D eigenvalue weighted by molar-refractivity contribution is 5.98. The van der Waals surface area contributed by atoms with Crippen molar-refractivity contribution in [3.05, 3.63) is 35.9 Å². The Balaban J connectivity index is 2.08. The minimum Gasteiger partial charge on any atom is -0.353 e. The summed E-state index contributed by atoms with van der Waals surface area (Å²) in [5.74, 6) is 1.06. The zero-order chi connectivity index (χ0) is 16.5. The van der Waals surface area contributed by atoms with E-state index in [4.69, 9.17) is 4.99 Å². The Labute approximate surface area is 139 Å². The van der Waals surface area contributed by atoms with E-state index in [0.717, 1.165) is 70.2 Å². The molecule has 0 N–H and O–H groups in total. The Morgan fingerprint density at radius 1 is 1.13 bits per heavy atom. The number of carbonyl (C=O) groups is 1. The number of carbonyl (C=O) groups excluding carboxylic acids is 1. The van der Waals surface area contributed by atoms with E-state index >= 15 is 0 Å². The number of aliphatic imine (C=N–C) groups is 1. The van der Waals surface area contributed by atoms with Gasteiger partial charge in [-0.15, -0.1) is 0 Å². The van der Waals surface area contributed by atoms with E-state index in [1.54, 1.807) is 0 Å². The number of piperazine rings is 1. The van der Waals surface area contributed by atoms with E-state index in [9.17, 15) is 4.79 Å². The van der Waals surface area contributed by atoms with Crippen molar-refractivity contribution in [2.45, 2.75) is 13.8 Å². The molecular weight excluding hydrogens is 288 g/mol. The predicted molar refractivity (Wildman–Crippen MR) is 94.8 cm³/mol. The largest absolute Gasteiger partial charge is 0.353 e. The summed E-state index contributed by atoms with van der Waals surface area (Å²) in [6.45, 7) is 11.5. The van der Waals surface area contributed by atoms with Gasteiger partial charge in [0.25, 0.3) is 0 Å². The van der Waals surface area contributed by atoms with Gasteiger partial charge in [-0.3, -0.25) is 9.79 Å². The molecule has 1 saturated heterocycles. The highest BCUT2D eigenvalue weighted by Gasteiger charge is 2.19. The maximum Gasteiger partial charge on any atom is 0.209 e. The van der Waals surface area contributed by atoms with Gasteiger partial charge in [-0.25, -0.2) is 0 Å². The molecular formula is C18H28N4O. The minimum absolute atomic E-state index is 0.769. The normalized spacial score (nSPS) is 16.0. The SMILES string of the molecule is CCN(CC)CC/N=C(\c1ccccc1)N1CCN(C=O)CC1. The minimum atomic E-state index is 0.769. The van der Waals surface area contributed by atoms with E-state index in [2.05, 4.69) is 47.9 Å². The summed E-state index contributed by atoms with van der Waals surface area (Å²) in [5.41, 5.74) is 1.16. The molecule has 0 atom stereocenters. The molecule has 1 amide bonds. The number of amides is 1. The molecule has 1 fully saturated rings. The van der Waals surface area contributed by atoms with Crippen molar-refractivity contribution < 1.29 is 4.79 Å². The topological polar surface area (TPSA) is 39.1 Å². The van der Waals surface area contributed by atoms with Gasteiger partial charge in [0.2, 0.25) is 6.41 Å². The maximum atomic E-state index is 10.9. The Bertz CT molecular complexity index is 491. The molecule has 0 unspecified atom stereocenters. The van der Waals surface area contributed by atoms with Crippen LogP contribution in [0.15, 0.2) is 35.3 Å². The zero-order valence-corrected chi connectivity index (χ0v) is 14.3. The van der Waals surface area contributed by atoms with Crippen LogP contribution in [-0.4, -0.2) is 79.3 Å². The van der Waals surface area contributed by atoms with Gasteiger partial charge in [-0.2, -0.15) is 0 Å². The Morgan fingerprint density at radius 2 is 1.78 bits per heavy atom. The standard InChI is InChI=1S/C18H28N4O/c1-3-20(4-2)11-10-19-18(17-8-6-5-7-9-17)22-14-12-21(16-23)13-15-22/h5-9,16H,3-4,10-15H2,1-2H3/b19-18+. The number of benzene rings is 1. The highest BCUT2D eigenvalue weighted by Crippen LogP contribution is 2.09. The number of nitrogens with zero attached hydrogens (tertiary/aromatic N) is 4. The first kappa shape index (κ1) is 17.5. The monoisotopic (exact) mass is 316 g/mol. The quantitative estimate of drug-likeness (QED) is 0.435. The lowest BCUT2D eigenvalue weighted by Crippen LogP contribution is -2.48. The van der Waals surface area contributed by atoms with Crippen LogP contribution in [0.3, 0.4) is 0 Å². The van der Waals surface area contributed by atoms with Crippen molar-refractivity contribution in [3.63, 3.8) is 0 Å². The van der Waals surface area contributed by atoms with Crippen molar-refractivity contribution >= 4 is 12.2 Å². The summed E-state index contributed by atoms with van der Waals surface area (Å²) < 4.78 is 0. The molecule has 5 nitrogen and oxygen atoms in total. The van der Waals surface area contributed by atoms with Crippen molar-refractivity contribution in [3.8, 4) is 0 Å². The molecule has 1 aromatic carbocycles. The molecule has 0 aromatic heterocycles. The third kappa shape index (κ3) is 5.06. The lowest BCUT2D eigenvalue weighted by Gasteiger charge is -2.35. The van der Waals surface area contributed by atoms with Gasteiger partial charge in [-0.05, 0) is 13.1 Å². The van der Waals surface area contributed by atoms with Gasteiger partial charge in [0.15, 0.2) is 0 Å². The molecule has 1 heterocycles.